The van der Waals surface area contributed by atoms with Gasteiger partial charge in [-0.15, -0.1) is 0 Å². The maximum absolute atomic E-state index is 12.2. The SMILES string of the molecule is COC(=O)CCCCCCC1=C2CCC(O)C(C)C2CC1=O. The van der Waals surface area contributed by atoms with Gasteiger partial charge in [0.1, 0.15) is 0 Å². The summed E-state index contributed by atoms with van der Waals surface area (Å²) in [5.74, 6) is 0.653. The van der Waals surface area contributed by atoms with Gasteiger partial charge in [-0.25, -0.2) is 0 Å². The molecule has 0 saturated heterocycles. The number of carbonyl (C=O) groups is 2. The number of aliphatic hydroxyl groups excluding tert-OH is 1. The first-order valence-corrected chi connectivity index (χ1v) is 8.54. The predicted octanol–water partition coefficient (Wildman–Crippen LogP) is 3.18. The molecule has 0 spiro atoms. The minimum atomic E-state index is -0.251. The number of hydrogen-bond acceptors (Lipinski definition) is 4. The first-order valence-electron chi connectivity index (χ1n) is 8.54. The van der Waals surface area contributed by atoms with Crippen molar-refractivity contribution in [1.82, 2.24) is 0 Å². The number of Topliss-reactive ketones (excluding diaryl/α,β-unsaturated/α-hetero) is 1. The van der Waals surface area contributed by atoms with E-state index in [1.165, 1.54) is 12.7 Å². The second-order valence-corrected chi connectivity index (χ2v) is 6.69. The number of ketones is 1. The van der Waals surface area contributed by atoms with Crippen LogP contribution < -0.4 is 0 Å². The van der Waals surface area contributed by atoms with Crippen LogP contribution in [0.2, 0.25) is 0 Å². The molecule has 124 valence electrons. The van der Waals surface area contributed by atoms with E-state index in [0.717, 1.165) is 50.5 Å². The molecule has 2 rings (SSSR count). The Morgan fingerprint density at radius 3 is 2.73 bits per heavy atom. The van der Waals surface area contributed by atoms with Crippen LogP contribution in [0.3, 0.4) is 0 Å². The van der Waals surface area contributed by atoms with Gasteiger partial charge in [0, 0.05) is 12.8 Å². The van der Waals surface area contributed by atoms with Gasteiger partial charge in [-0.3, -0.25) is 9.59 Å². The summed E-state index contributed by atoms with van der Waals surface area (Å²) < 4.78 is 4.62. The van der Waals surface area contributed by atoms with Crippen LogP contribution in [0.4, 0.5) is 0 Å². The summed E-state index contributed by atoms with van der Waals surface area (Å²) in [6.45, 7) is 2.07. The fourth-order valence-corrected chi connectivity index (χ4v) is 3.85. The van der Waals surface area contributed by atoms with Crippen LogP contribution in [0.5, 0.6) is 0 Å². The predicted molar refractivity (Wildman–Crippen MR) is 84.3 cm³/mol. The number of carbonyl (C=O) groups excluding carboxylic acids is 2. The van der Waals surface area contributed by atoms with Gasteiger partial charge in [0.15, 0.2) is 5.78 Å². The van der Waals surface area contributed by atoms with Gasteiger partial charge in [-0.1, -0.05) is 25.3 Å². The normalized spacial score (nSPS) is 28.0. The van der Waals surface area contributed by atoms with Gasteiger partial charge in [0.05, 0.1) is 13.2 Å². The third-order valence-electron chi connectivity index (χ3n) is 5.31. The summed E-state index contributed by atoms with van der Waals surface area (Å²) in [6, 6.07) is 0. The molecule has 0 aromatic carbocycles. The number of rotatable bonds is 7. The van der Waals surface area contributed by atoms with E-state index in [0.29, 0.717) is 18.6 Å². The number of allylic oxidation sites excluding steroid dienone is 2. The van der Waals surface area contributed by atoms with E-state index in [1.807, 2.05) is 0 Å². The van der Waals surface area contributed by atoms with Gasteiger partial charge in [-0.05, 0) is 49.5 Å². The minimum Gasteiger partial charge on any atom is -0.469 e. The Labute approximate surface area is 132 Å². The number of esters is 1. The molecule has 1 N–H and O–H groups in total. The molecule has 1 fully saturated rings. The largest absolute Gasteiger partial charge is 0.469 e. The van der Waals surface area contributed by atoms with Crippen molar-refractivity contribution < 1.29 is 19.4 Å². The van der Waals surface area contributed by atoms with Crippen LogP contribution in [0.25, 0.3) is 0 Å². The molecular weight excluding hydrogens is 280 g/mol. The first kappa shape index (κ1) is 17.2. The van der Waals surface area contributed by atoms with Gasteiger partial charge in [-0.2, -0.15) is 0 Å². The number of hydrogen-bond donors (Lipinski definition) is 1. The molecule has 3 atom stereocenters. The Morgan fingerprint density at radius 2 is 2.00 bits per heavy atom. The summed E-state index contributed by atoms with van der Waals surface area (Å²) in [5.41, 5.74) is 2.38. The maximum atomic E-state index is 12.2. The number of aliphatic hydroxyl groups is 1. The first-order chi connectivity index (χ1) is 10.5. The van der Waals surface area contributed by atoms with Crippen LogP contribution in [-0.4, -0.2) is 30.1 Å². The fourth-order valence-electron chi connectivity index (χ4n) is 3.85. The number of unbranched alkanes of at least 4 members (excludes halogenated alkanes) is 3. The Bertz CT molecular complexity index is 452. The van der Waals surface area contributed by atoms with Crippen molar-refractivity contribution in [2.75, 3.05) is 7.11 Å². The molecule has 0 radical (unpaired) electrons. The third-order valence-corrected chi connectivity index (χ3v) is 5.31. The second-order valence-electron chi connectivity index (χ2n) is 6.69. The van der Waals surface area contributed by atoms with Gasteiger partial charge >= 0.3 is 5.97 Å². The lowest BCUT2D eigenvalue weighted by atomic mass is 9.75. The molecule has 0 aliphatic heterocycles. The van der Waals surface area contributed by atoms with E-state index in [-0.39, 0.29) is 23.9 Å². The Balaban J connectivity index is 1.77. The zero-order valence-electron chi connectivity index (χ0n) is 13.8. The average molecular weight is 308 g/mol. The number of fused-ring (bicyclic) bond motifs is 1. The topological polar surface area (TPSA) is 63.6 Å². The summed E-state index contributed by atoms with van der Waals surface area (Å²) in [4.78, 5) is 23.3. The van der Waals surface area contributed by atoms with E-state index in [4.69, 9.17) is 0 Å². The van der Waals surface area contributed by atoms with E-state index in [2.05, 4.69) is 11.7 Å². The zero-order valence-corrected chi connectivity index (χ0v) is 13.8. The summed E-state index contributed by atoms with van der Waals surface area (Å²) >= 11 is 0. The fraction of sp³-hybridized carbons (Fsp3) is 0.778. The molecule has 3 unspecified atom stereocenters. The highest BCUT2D eigenvalue weighted by molar-refractivity contribution is 5.99. The average Bonchev–Trinajstić information content (AvgIpc) is 2.83. The monoisotopic (exact) mass is 308 g/mol. The van der Waals surface area contributed by atoms with Crippen molar-refractivity contribution in [2.24, 2.45) is 11.8 Å². The molecule has 0 aromatic rings. The molecule has 4 heteroatoms. The van der Waals surface area contributed by atoms with Crippen LogP contribution in [0.1, 0.15) is 64.7 Å². The summed E-state index contributed by atoms with van der Waals surface area (Å²) in [7, 11) is 1.42. The van der Waals surface area contributed by atoms with Crippen molar-refractivity contribution in [3.8, 4) is 0 Å². The molecule has 0 aromatic heterocycles. The molecule has 0 bridgehead atoms. The van der Waals surface area contributed by atoms with Gasteiger partial charge in [0.25, 0.3) is 0 Å². The molecular formula is C18H28O4. The van der Waals surface area contributed by atoms with Gasteiger partial charge < -0.3 is 9.84 Å². The van der Waals surface area contributed by atoms with Crippen molar-refractivity contribution in [3.05, 3.63) is 11.1 Å². The highest BCUT2D eigenvalue weighted by Crippen LogP contribution is 2.44. The van der Waals surface area contributed by atoms with E-state index < -0.39 is 0 Å². The highest BCUT2D eigenvalue weighted by atomic mass is 16.5. The Kier molecular flexibility index (Phi) is 6.18. The third kappa shape index (κ3) is 3.97. The Hall–Kier alpha value is -1.16. The van der Waals surface area contributed by atoms with E-state index in [1.54, 1.807) is 0 Å². The number of ether oxygens (including phenoxy) is 1. The quantitative estimate of drug-likeness (QED) is 0.579. The van der Waals surface area contributed by atoms with Crippen LogP contribution in [0, 0.1) is 11.8 Å². The minimum absolute atomic E-state index is 0.145. The van der Waals surface area contributed by atoms with Crippen molar-refractivity contribution in [3.63, 3.8) is 0 Å². The second kappa shape index (κ2) is 7.91. The lowest BCUT2D eigenvalue weighted by Gasteiger charge is -2.32. The lowest BCUT2D eigenvalue weighted by molar-refractivity contribution is -0.140. The molecule has 22 heavy (non-hydrogen) atoms. The van der Waals surface area contributed by atoms with Crippen LogP contribution >= 0.6 is 0 Å². The Morgan fingerprint density at radius 1 is 1.27 bits per heavy atom. The molecule has 2 aliphatic carbocycles. The van der Waals surface area contributed by atoms with Crippen LogP contribution in [0.15, 0.2) is 11.1 Å². The van der Waals surface area contributed by atoms with Gasteiger partial charge in [0.2, 0.25) is 0 Å². The van der Waals surface area contributed by atoms with E-state index >= 15 is 0 Å². The lowest BCUT2D eigenvalue weighted by Crippen LogP contribution is -2.30. The van der Waals surface area contributed by atoms with Crippen molar-refractivity contribution >= 4 is 11.8 Å². The smallest absolute Gasteiger partial charge is 0.305 e. The molecule has 1 saturated carbocycles. The number of methoxy groups -OCH3 is 1. The highest BCUT2D eigenvalue weighted by Gasteiger charge is 2.40. The standard InChI is InChI=1S/C18H28O4/c1-12-15-11-17(20)14(13(15)9-10-16(12)19)7-5-3-4-6-8-18(21)22-2/h12,15-16,19H,3-11H2,1-2H3. The maximum Gasteiger partial charge on any atom is 0.305 e. The van der Waals surface area contributed by atoms with Crippen LogP contribution in [-0.2, 0) is 14.3 Å². The van der Waals surface area contributed by atoms with Crippen molar-refractivity contribution in [2.45, 2.75) is 70.8 Å². The summed E-state index contributed by atoms with van der Waals surface area (Å²) in [5, 5.41) is 9.96. The molecule has 0 amide bonds. The van der Waals surface area contributed by atoms with Crippen molar-refractivity contribution in [1.29, 1.82) is 0 Å². The molecule has 2 aliphatic rings. The zero-order chi connectivity index (χ0) is 16.1. The molecule has 4 nitrogen and oxygen atoms in total. The van der Waals surface area contributed by atoms with E-state index in [9.17, 15) is 14.7 Å². The molecule has 0 heterocycles. The summed E-state index contributed by atoms with van der Waals surface area (Å²) in [6.07, 6.45) is 7.31.